The van der Waals surface area contributed by atoms with Crippen LogP contribution in [0.4, 0.5) is 0 Å². The van der Waals surface area contributed by atoms with Crippen LogP contribution in [0.2, 0.25) is 0 Å². The fourth-order valence-electron chi connectivity index (χ4n) is 1.86. The maximum Gasteiger partial charge on any atom is 0.120 e. The minimum absolute atomic E-state index is 0.0491. The van der Waals surface area contributed by atoms with Gasteiger partial charge in [-0.1, -0.05) is 37.9 Å². The summed E-state index contributed by atoms with van der Waals surface area (Å²) in [7, 11) is 0. The first-order chi connectivity index (χ1) is 8.72. The van der Waals surface area contributed by atoms with Gasteiger partial charge >= 0.3 is 0 Å². The first kappa shape index (κ1) is 14.3. The molecule has 3 nitrogen and oxygen atoms in total. The Morgan fingerprint density at radius 1 is 1.44 bits per heavy atom. The minimum Gasteiger partial charge on any atom is -0.494 e. The van der Waals surface area contributed by atoms with Crippen molar-refractivity contribution in [2.24, 2.45) is 0 Å². The molecule has 0 saturated carbocycles. The van der Waals surface area contributed by atoms with E-state index < -0.39 is 0 Å². The van der Waals surface area contributed by atoms with E-state index in [1.807, 2.05) is 25.1 Å². The van der Waals surface area contributed by atoms with Gasteiger partial charge in [-0.15, -0.1) is 0 Å². The van der Waals surface area contributed by atoms with Crippen LogP contribution in [0.25, 0.3) is 0 Å². The van der Waals surface area contributed by atoms with Crippen LogP contribution in [-0.4, -0.2) is 32.5 Å². The summed E-state index contributed by atoms with van der Waals surface area (Å²) in [5.41, 5.74) is 1.15. The molecule has 0 spiro atoms. The van der Waals surface area contributed by atoms with Gasteiger partial charge in [-0.3, -0.25) is 0 Å². The maximum atomic E-state index is 5.70. The summed E-state index contributed by atoms with van der Waals surface area (Å²) in [6.07, 6.45) is 0.0491. The molecule has 1 aromatic carbocycles. The Hall–Kier alpha value is -0.100. The molecule has 2 atom stereocenters. The Morgan fingerprint density at radius 2 is 2.28 bits per heavy atom. The first-order valence-electron chi connectivity index (χ1n) is 5.98. The Kier molecular flexibility index (Phi) is 5.48. The van der Waals surface area contributed by atoms with Crippen LogP contribution in [0, 0.1) is 0 Å². The van der Waals surface area contributed by atoms with Crippen molar-refractivity contribution in [2.75, 3.05) is 26.4 Å². The molecule has 100 valence electrons. The lowest BCUT2D eigenvalue weighted by atomic mass is 10.1. The highest BCUT2D eigenvalue weighted by Gasteiger charge is 2.25. The summed E-state index contributed by atoms with van der Waals surface area (Å²) < 4.78 is 17.6. The average molecular weight is 380 g/mol. The van der Waals surface area contributed by atoms with Crippen molar-refractivity contribution in [2.45, 2.75) is 17.9 Å². The van der Waals surface area contributed by atoms with Gasteiger partial charge in [-0.2, -0.15) is 0 Å². The molecule has 5 heteroatoms. The van der Waals surface area contributed by atoms with Crippen LogP contribution in [0.3, 0.4) is 0 Å². The summed E-state index contributed by atoms with van der Waals surface area (Å²) in [5.74, 6) is 0.869. The molecule has 0 amide bonds. The van der Waals surface area contributed by atoms with Gasteiger partial charge in [0, 0.05) is 4.47 Å². The van der Waals surface area contributed by atoms with Crippen LogP contribution in [0.15, 0.2) is 22.7 Å². The highest BCUT2D eigenvalue weighted by atomic mass is 79.9. The number of hydrogen-bond donors (Lipinski definition) is 0. The second-order valence-corrected chi connectivity index (χ2v) is 5.84. The van der Waals surface area contributed by atoms with Crippen molar-refractivity contribution in [3.05, 3.63) is 28.2 Å². The largest absolute Gasteiger partial charge is 0.494 e. The average Bonchev–Trinajstić information content (AvgIpc) is 2.40. The first-order valence-corrected chi connectivity index (χ1v) is 7.69. The summed E-state index contributed by atoms with van der Waals surface area (Å²) in [4.78, 5) is 0.114. The Morgan fingerprint density at radius 3 is 2.89 bits per heavy atom. The smallest absolute Gasteiger partial charge is 0.120 e. The molecular weight excluding hydrogens is 364 g/mol. The van der Waals surface area contributed by atoms with Gasteiger partial charge in [0.15, 0.2) is 0 Å². The van der Waals surface area contributed by atoms with Gasteiger partial charge in [-0.25, -0.2) is 0 Å². The second kappa shape index (κ2) is 6.89. The van der Waals surface area contributed by atoms with Gasteiger partial charge in [0.1, 0.15) is 5.75 Å². The Balaban J connectivity index is 2.11. The van der Waals surface area contributed by atoms with E-state index in [0.29, 0.717) is 26.4 Å². The van der Waals surface area contributed by atoms with E-state index in [4.69, 9.17) is 14.2 Å². The third-order valence-electron chi connectivity index (χ3n) is 2.75. The van der Waals surface area contributed by atoms with E-state index in [1.54, 1.807) is 0 Å². The molecule has 1 fully saturated rings. The third kappa shape index (κ3) is 3.47. The van der Waals surface area contributed by atoms with Crippen LogP contribution in [-0.2, 0) is 9.47 Å². The van der Waals surface area contributed by atoms with Gasteiger partial charge < -0.3 is 14.2 Å². The minimum atomic E-state index is 0.0491. The van der Waals surface area contributed by atoms with Crippen molar-refractivity contribution >= 4 is 31.9 Å². The van der Waals surface area contributed by atoms with Crippen molar-refractivity contribution in [3.8, 4) is 5.75 Å². The van der Waals surface area contributed by atoms with Gasteiger partial charge in [-0.05, 0) is 24.6 Å². The molecule has 0 aromatic heterocycles. The summed E-state index contributed by atoms with van der Waals surface area (Å²) in [6, 6.07) is 6.00. The molecule has 1 aliphatic heterocycles. The van der Waals surface area contributed by atoms with Crippen molar-refractivity contribution in [1.29, 1.82) is 0 Å². The molecule has 1 heterocycles. The van der Waals surface area contributed by atoms with Crippen LogP contribution >= 0.6 is 31.9 Å². The fourth-order valence-corrected chi connectivity index (χ4v) is 3.48. The second-order valence-electron chi connectivity index (χ2n) is 4.00. The fraction of sp³-hybridized carbons (Fsp3) is 0.538. The van der Waals surface area contributed by atoms with E-state index in [-0.39, 0.29) is 10.9 Å². The SMILES string of the molecule is CCOc1ccc(C(Br)C2COCCO2)c(Br)c1. The lowest BCUT2D eigenvalue weighted by Gasteiger charge is -2.27. The topological polar surface area (TPSA) is 27.7 Å². The number of ether oxygens (including phenoxy) is 3. The van der Waals surface area contributed by atoms with Gasteiger partial charge in [0.2, 0.25) is 0 Å². The quantitative estimate of drug-likeness (QED) is 0.746. The summed E-state index contributed by atoms with van der Waals surface area (Å²) >= 11 is 7.26. The highest BCUT2D eigenvalue weighted by Crippen LogP contribution is 2.36. The molecule has 0 N–H and O–H groups in total. The monoisotopic (exact) mass is 378 g/mol. The predicted molar refractivity (Wildman–Crippen MR) is 77.5 cm³/mol. The highest BCUT2D eigenvalue weighted by molar-refractivity contribution is 9.11. The van der Waals surface area contributed by atoms with Crippen molar-refractivity contribution in [3.63, 3.8) is 0 Å². The lowest BCUT2D eigenvalue weighted by molar-refractivity contribution is -0.0877. The van der Waals surface area contributed by atoms with E-state index in [2.05, 4.69) is 31.9 Å². The number of hydrogen-bond acceptors (Lipinski definition) is 3. The zero-order valence-electron chi connectivity index (χ0n) is 10.2. The van der Waals surface area contributed by atoms with Crippen LogP contribution in [0.1, 0.15) is 17.3 Å². The van der Waals surface area contributed by atoms with Crippen LogP contribution < -0.4 is 4.74 Å². The van der Waals surface area contributed by atoms with E-state index in [1.165, 1.54) is 0 Å². The number of rotatable bonds is 4. The van der Waals surface area contributed by atoms with Crippen molar-refractivity contribution < 1.29 is 14.2 Å². The molecule has 2 rings (SSSR count). The van der Waals surface area contributed by atoms with Crippen LogP contribution in [0.5, 0.6) is 5.75 Å². The molecule has 18 heavy (non-hydrogen) atoms. The van der Waals surface area contributed by atoms with Crippen molar-refractivity contribution in [1.82, 2.24) is 0 Å². The van der Waals surface area contributed by atoms with E-state index in [0.717, 1.165) is 15.8 Å². The zero-order valence-corrected chi connectivity index (χ0v) is 13.4. The summed E-state index contributed by atoms with van der Waals surface area (Å²) in [6.45, 7) is 4.60. The molecule has 2 unspecified atom stereocenters. The van der Waals surface area contributed by atoms with Gasteiger partial charge in [0.25, 0.3) is 0 Å². The third-order valence-corrected chi connectivity index (χ3v) is 4.52. The standard InChI is InChI=1S/C13H16Br2O3/c1-2-17-9-3-4-10(11(14)7-9)13(15)12-8-16-5-6-18-12/h3-4,7,12-13H,2,5-6,8H2,1H3. The molecule has 0 bridgehead atoms. The lowest BCUT2D eigenvalue weighted by Crippen LogP contribution is -2.31. The van der Waals surface area contributed by atoms with Gasteiger partial charge in [0.05, 0.1) is 37.4 Å². The number of halogens is 2. The normalized spacial score (nSPS) is 21.6. The Labute approximate surface area is 124 Å². The molecular formula is C13H16Br2O3. The molecule has 1 aliphatic rings. The van der Waals surface area contributed by atoms with E-state index >= 15 is 0 Å². The molecule has 1 aromatic rings. The number of alkyl halides is 1. The zero-order chi connectivity index (χ0) is 13.0. The number of benzene rings is 1. The van der Waals surface area contributed by atoms with E-state index in [9.17, 15) is 0 Å². The maximum absolute atomic E-state index is 5.70. The summed E-state index contributed by atoms with van der Waals surface area (Å²) in [5, 5.41) is 0. The molecule has 0 aliphatic carbocycles. The predicted octanol–water partition coefficient (Wildman–Crippen LogP) is 3.70. The molecule has 0 radical (unpaired) electrons. The Bertz CT molecular complexity index is 392. The molecule has 1 saturated heterocycles.